The molecule has 1 atom stereocenters. The summed E-state index contributed by atoms with van der Waals surface area (Å²) in [4.78, 5) is 1.39. The summed E-state index contributed by atoms with van der Waals surface area (Å²) in [6.45, 7) is 5.83. The van der Waals surface area contributed by atoms with E-state index >= 15 is 0 Å². The first-order valence-electron chi connectivity index (χ1n) is 5.28. The number of rotatable bonds is 8. The van der Waals surface area contributed by atoms with Gasteiger partial charge in [0.25, 0.3) is 0 Å². The Hall–Kier alpha value is -0.420. The molecule has 0 aromatic carbocycles. The summed E-state index contributed by atoms with van der Waals surface area (Å²) in [5.74, 6) is 0. The molecule has 0 fully saturated rings. The minimum atomic E-state index is 0.490. The Morgan fingerprint density at radius 2 is 2.40 bits per heavy atom. The first kappa shape index (κ1) is 12.6. The van der Waals surface area contributed by atoms with E-state index in [4.69, 9.17) is 4.74 Å². The Kier molecular flexibility index (Phi) is 6.59. The summed E-state index contributed by atoms with van der Waals surface area (Å²) in [7, 11) is 1.72. The van der Waals surface area contributed by atoms with Crippen molar-refractivity contribution in [2.45, 2.75) is 19.5 Å². The van der Waals surface area contributed by atoms with Crippen molar-refractivity contribution in [3.63, 3.8) is 0 Å². The zero-order valence-electron chi connectivity index (χ0n) is 9.45. The minimum absolute atomic E-state index is 0.490. The summed E-state index contributed by atoms with van der Waals surface area (Å²) in [5, 5.41) is 8.91. The van der Waals surface area contributed by atoms with Crippen LogP contribution in [0.1, 0.15) is 11.8 Å². The number of methoxy groups -OCH3 is 1. The summed E-state index contributed by atoms with van der Waals surface area (Å²) >= 11 is 1.79. The number of hydrogen-bond donors (Lipinski definition) is 2. The van der Waals surface area contributed by atoms with Crippen molar-refractivity contribution in [2.75, 3.05) is 26.8 Å². The van der Waals surface area contributed by atoms with Crippen LogP contribution >= 0.6 is 11.3 Å². The van der Waals surface area contributed by atoms with Crippen LogP contribution in [0.25, 0.3) is 0 Å². The van der Waals surface area contributed by atoms with Gasteiger partial charge >= 0.3 is 0 Å². The first-order chi connectivity index (χ1) is 7.33. The molecule has 1 heterocycles. The largest absolute Gasteiger partial charge is 0.383 e. The average Bonchev–Trinajstić information content (AvgIpc) is 2.74. The van der Waals surface area contributed by atoms with Gasteiger partial charge in [-0.1, -0.05) is 6.07 Å². The summed E-state index contributed by atoms with van der Waals surface area (Å²) < 4.78 is 4.96. The zero-order chi connectivity index (χ0) is 10.9. The van der Waals surface area contributed by atoms with Crippen molar-refractivity contribution >= 4 is 11.3 Å². The monoisotopic (exact) mass is 228 g/mol. The van der Waals surface area contributed by atoms with Crippen LogP contribution in [-0.4, -0.2) is 32.8 Å². The van der Waals surface area contributed by atoms with Crippen LogP contribution in [0.15, 0.2) is 17.5 Å². The molecule has 0 aliphatic rings. The first-order valence-corrected chi connectivity index (χ1v) is 6.16. The van der Waals surface area contributed by atoms with E-state index in [1.165, 1.54) is 4.88 Å². The zero-order valence-corrected chi connectivity index (χ0v) is 10.3. The van der Waals surface area contributed by atoms with E-state index in [1.807, 2.05) is 0 Å². The van der Waals surface area contributed by atoms with E-state index in [0.29, 0.717) is 6.04 Å². The highest BCUT2D eigenvalue weighted by atomic mass is 32.1. The van der Waals surface area contributed by atoms with Crippen LogP contribution in [0.5, 0.6) is 0 Å². The Balaban J connectivity index is 2.01. The van der Waals surface area contributed by atoms with Crippen LogP contribution in [0.4, 0.5) is 0 Å². The third-order valence-electron chi connectivity index (χ3n) is 2.14. The van der Waals surface area contributed by atoms with Gasteiger partial charge in [0, 0.05) is 37.7 Å². The molecule has 0 spiro atoms. The molecule has 1 aromatic rings. The lowest BCUT2D eigenvalue weighted by Gasteiger charge is -2.13. The molecular formula is C11H20N2OS. The van der Waals surface area contributed by atoms with Gasteiger partial charge in [-0.15, -0.1) is 11.3 Å². The molecule has 0 saturated heterocycles. The fourth-order valence-corrected chi connectivity index (χ4v) is 1.91. The normalized spacial score (nSPS) is 12.9. The Morgan fingerprint density at radius 3 is 3.07 bits per heavy atom. The molecule has 1 rings (SSSR count). The third kappa shape index (κ3) is 5.89. The van der Waals surface area contributed by atoms with Crippen molar-refractivity contribution in [1.29, 1.82) is 0 Å². The third-order valence-corrected chi connectivity index (χ3v) is 3.01. The van der Waals surface area contributed by atoms with E-state index < -0.39 is 0 Å². The Labute approximate surface area is 95.8 Å². The van der Waals surface area contributed by atoms with Crippen molar-refractivity contribution < 1.29 is 4.74 Å². The van der Waals surface area contributed by atoms with E-state index in [-0.39, 0.29) is 0 Å². The SMILES string of the molecule is COCCNCC(C)NCc1cccs1. The predicted molar refractivity (Wildman–Crippen MR) is 65.4 cm³/mol. The van der Waals surface area contributed by atoms with E-state index in [1.54, 1.807) is 18.4 Å². The van der Waals surface area contributed by atoms with Crippen molar-refractivity contribution in [2.24, 2.45) is 0 Å². The molecule has 0 aliphatic carbocycles. The van der Waals surface area contributed by atoms with E-state index in [0.717, 1.165) is 26.2 Å². The topological polar surface area (TPSA) is 33.3 Å². The lowest BCUT2D eigenvalue weighted by atomic mass is 10.3. The van der Waals surface area contributed by atoms with Gasteiger partial charge in [0.1, 0.15) is 0 Å². The van der Waals surface area contributed by atoms with Gasteiger partial charge in [-0.2, -0.15) is 0 Å². The number of ether oxygens (including phenoxy) is 1. The standard InChI is InChI=1S/C11H20N2OS/c1-10(8-12-5-6-14-2)13-9-11-4-3-7-15-11/h3-4,7,10,12-13H,5-6,8-9H2,1-2H3. The molecule has 1 unspecified atom stereocenters. The van der Waals surface area contributed by atoms with Crippen LogP contribution in [0.3, 0.4) is 0 Å². The number of nitrogens with one attached hydrogen (secondary N) is 2. The summed E-state index contributed by atoms with van der Waals surface area (Å²) in [6, 6.07) is 4.73. The van der Waals surface area contributed by atoms with E-state index in [9.17, 15) is 0 Å². The van der Waals surface area contributed by atoms with Crippen LogP contribution in [-0.2, 0) is 11.3 Å². The Morgan fingerprint density at radius 1 is 1.53 bits per heavy atom. The second-order valence-corrected chi connectivity index (χ2v) is 4.59. The molecule has 4 heteroatoms. The summed E-state index contributed by atoms with van der Waals surface area (Å²) in [6.07, 6.45) is 0. The van der Waals surface area contributed by atoms with Gasteiger partial charge in [0.15, 0.2) is 0 Å². The van der Waals surface area contributed by atoms with Crippen LogP contribution < -0.4 is 10.6 Å². The lowest BCUT2D eigenvalue weighted by Crippen LogP contribution is -2.36. The maximum Gasteiger partial charge on any atom is 0.0587 e. The van der Waals surface area contributed by atoms with Gasteiger partial charge in [-0.3, -0.25) is 0 Å². The molecule has 2 N–H and O–H groups in total. The molecule has 86 valence electrons. The average molecular weight is 228 g/mol. The molecule has 0 saturated carbocycles. The highest BCUT2D eigenvalue weighted by molar-refractivity contribution is 7.09. The maximum atomic E-state index is 4.96. The number of thiophene rings is 1. The highest BCUT2D eigenvalue weighted by Gasteiger charge is 2.00. The maximum absolute atomic E-state index is 4.96. The molecule has 0 aliphatic heterocycles. The smallest absolute Gasteiger partial charge is 0.0587 e. The quantitative estimate of drug-likeness (QED) is 0.661. The van der Waals surface area contributed by atoms with Gasteiger partial charge in [0.2, 0.25) is 0 Å². The minimum Gasteiger partial charge on any atom is -0.383 e. The fourth-order valence-electron chi connectivity index (χ4n) is 1.25. The van der Waals surface area contributed by atoms with E-state index in [2.05, 4.69) is 35.1 Å². The highest BCUT2D eigenvalue weighted by Crippen LogP contribution is 2.07. The van der Waals surface area contributed by atoms with Gasteiger partial charge in [-0.05, 0) is 18.4 Å². The molecule has 0 amide bonds. The summed E-state index contributed by atoms with van der Waals surface area (Å²) in [5.41, 5.74) is 0. The Bertz CT molecular complexity index is 239. The second-order valence-electron chi connectivity index (χ2n) is 3.56. The molecule has 0 radical (unpaired) electrons. The molecule has 15 heavy (non-hydrogen) atoms. The van der Waals surface area contributed by atoms with Crippen LogP contribution in [0.2, 0.25) is 0 Å². The number of hydrogen-bond acceptors (Lipinski definition) is 4. The van der Waals surface area contributed by atoms with Crippen molar-refractivity contribution in [3.05, 3.63) is 22.4 Å². The predicted octanol–water partition coefficient (Wildman–Crippen LogP) is 1.46. The van der Waals surface area contributed by atoms with Crippen LogP contribution in [0, 0.1) is 0 Å². The van der Waals surface area contributed by atoms with Gasteiger partial charge < -0.3 is 15.4 Å². The lowest BCUT2D eigenvalue weighted by molar-refractivity contribution is 0.198. The fraction of sp³-hybridized carbons (Fsp3) is 0.636. The van der Waals surface area contributed by atoms with Gasteiger partial charge in [0.05, 0.1) is 6.61 Å². The molecular weight excluding hydrogens is 208 g/mol. The van der Waals surface area contributed by atoms with Crippen molar-refractivity contribution in [1.82, 2.24) is 10.6 Å². The van der Waals surface area contributed by atoms with Gasteiger partial charge in [-0.25, -0.2) is 0 Å². The molecule has 3 nitrogen and oxygen atoms in total. The van der Waals surface area contributed by atoms with Crippen molar-refractivity contribution in [3.8, 4) is 0 Å². The molecule has 1 aromatic heterocycles. The second kappa shape index (κ2) is 7.82. The molecule has 0 bridgehead atoms.